The van der Waals surface area contributed by atoms with Gasteiger partial charge in [-0.3, -0.25) is 28.8 Å². The third kappa shape index (κ3) is 22.7. The van der Waals surface area contributed by atoms with E-state index in [9.17, 15) is 63.3 Å². The first-order valence-corrected chi connectivity index (χ1v) is 17.9. The Morgan fingerprint density at radius 2 is 0.852 bits per heavy atom. The number of carbonyl (C=O) groups is 10. The van der Waals surface area contributed by atoms with Crippen LogP contribution in [-0.2, 0) is 47.9 Å². The topological polar surface area (TPSA) is 324 Å². The molecule has 0 aliphatic rings. The van der Waals surface area contributed by atoms with Crippen molar-refractivity contribution in [2.75, 3.05) is 13.6 Å². The van der Waals surface area contributed by atoms with Crippen LogP contribution in [0.5, 0.6) is 0 Å². The molecule has 0 saturated heterocycles. The Bertz CT molecular complexity index is 1310. The quantitative estimate of drug-likeness (QED) is 0.0395. The number of carboxylic acid groups (broad SMARTS) is 4. The van der Waals surface area contributed by atoms with E-state index in [1.165, 1.54) is 0 Å². The fourth-order valence-electron chi connectivity index (χ4n) is 5.16. The van der Waals surface area contributed by atoms with E-state index in [1.54, 1.807) is 7.05 Å². The number of hydrogen-bond donors (Lipinski definition) is 10. The molecule has 0 saturated carbocycles. The van der Waals surface area contributed by atoms with Crippen molar-refractivity contribution >= 4 is 59.2 Å². The Morgan fingerprint density at radius 1 is 0.463 bits per heavy atom. The van der Waals surface area contributed by atoms with Gasteiger partial charge in [0, 0.05) is 45.6 Å². The van der Waals surface area contributed by atoms with Crippen LogP contribution in [0.3, 0.4) is 0 Å². The van der Waals surface area contributed by atoms with Crippen LogP contribution in [0.1, 0.15) is 110 Å². The van der Waals surface area contributed by atoms with Gasteiger partial charge in [-0.2, -0.15) is 0 Å². The molecule has 20 nitrogen and oxygen atoms in total. The maximum absolute atomic E-state index is 12.5. The highest BCUT2D eigenvalue weighted by Crippen LogP contribution is 2.09. The molecular weight excluding hydrogens is 716 g/mol. The number of likely N-dealkylation sites (N-methyl/N-ethyl adjacent to an activating group) is 1. The summed E-state index contributed by atoms with van der Waals surface area (Å²) in [5.74, 6) is -9.46. The zero-order valence-corrected chi connectivity index (χ0v) is 31.1. The molecule has 20 heteroatoms. The number of hydrogen-bond acceptors (Lipinski definition) is 11. The molecule has 306 valence electrons. The minimum absolute atomic E-state index is 0.154. The molecule has 54 heavy (non-hydrogen) atoms. The molecule has 0 fully saturated rings. The highest BCUT2D eigenvalue weighted by atomic mass is 16.4. The van der Waals surface area contributed by atoms with Crippen LogP contribution in [0.2, 0.25) is 0 Å². The smallest absolute Gasteiger partial charge is 0.326 e. The molecule has 0 aromatic heterocycles. The summed E-state index contributed by atoms with van der Waals surface area (Å²) in [7, 11) is 1.73. The van der Waals surface area contributed by atoms with Crippen LogP contribution in [0, 0.1) is 0 Å². The molecule has 10 N–H and O–H groups in total. The van der Waals surface area contributed by atoms with Crippen LogP contribution in [0.4, 0.5) is 0 Å². The van der Waals surface area contributed by atoms with E-state index in [0.29, 0.717) is 32.2 Å². The van der Waals surface area contributed by atoms with Gasteiger partial charge in [0.05, 0.1) is 6.04 Å². The molecule has 0 bridgehead atoms. The highest BCUT2D eigenvalue weighted by Gasteiger charge is 2.27. The number of aliphatic carboxylic acids is 4. The van der Waals surface area contributed by atoms with Crippen molar-refractivity contribution in [3.63, 3.8) is 0 Å². The molecular formula is C34H56N6O14. The number of Topliss-reactive ketones (excluding diaryl/α,β-unsaturated/α-hetero) is 1. The lowest BCUT2D eigenvalue weighted by Crippen LogP contribution is -2.45. The van der Waals surface area contributed by atoms with Gasteiger partial charge in [0.15, 0.2) is 0 Å². The second kappa shape index (κ2) is 27.5. The lowest BCUT2D eigenvalue weighted by molar-refractivity contribution is -0.144. The van der Waals surface area contributed by atoms with Gasteiger partial charge >= 0.3 is 23.9 Å². The van der Waals surface area contributed by atoms with Crippen LogP contribution in [0.25, 0.3) is 0 Å². The zero-order chi connectivity index (χ0) is 41.2. The summed E-state index contributed by atoms with van der Waals surface area (Å²) >= 11 is 0. The van der Waals surface area contributed by atoms with Crippen molar-refractivity contribution in [3.8, 4) is 0 Å². The second-order valence-corrected chi connectivity index (χ2v) is 12.7. The lowest BCUT2D eigenvalue weighted by atomic mass is 10.0. The average molecular weight is 773 g/mol. The van der Waals surface area contributed by atoms with Crippen LogP contribution >= 0.6 is 0 Å². The average Bonchev–Trinajstić information content (AvgIpc) is 3.09. The summed E-state index contributed by atoms with van der Waals surface area (Å²) < 4.78 is 0. The van der Waals surface area contributed by atoms with E-state index in [4.69, 9.17) is 5.11 Å². The van der Waals surface area contributed by atoms with E-state index in [2.05, 4.69) is 38.8 Å². The van der Waals surface area contributed by atoms with Crippen molar-refractivity contribution in [2.24, 2.45) is 0 Å². The Kier molecular flexibility index (Phi) is 24.8. The highest BCUT2D eigenvalue weighted by molar-refractivity contribution is 5.88. The summed E-state index contributed by atoms with van der Waals surface area (Å²) in [6.45, 7) is 3.45. The van der Waals surface area contributed by atoms with Gasteiger partial charge in [-0.25, -0.2) is 19.2 Å². The number of nitrogens with one attached hydrogen (secondary N) is 6. The van der Waals surface area contributed by atoms with Crippen molar-refractivity contribution in [1.29, 1.82) is 0 Å². The van der Waals surface area contributed by atoms with Gasteiger partial charge < -0.3 is 52.3 Å². The fraction of sp³-hybridized carbons (Fsp3) is 0.706. The first-order valence-electron chi connectivity index (χ1n) is 17.9. The Balaban J connectivity index is 4.76. The van der Waals surface area contributed by atoms with E-state index < -0.39 is 110 Å². The predicted octanol–water partition coefficient (Wildman–Crippen LogP) is -0.571. The largest absolute Gasteiger partial charge is 0.480 e. The van der Waals surface area contributed by atoms with E-state index in [0.717, 1.165) is 26.2 Å². The predicted molar refractivity (Wildman–Crippen MR) is 190 cm³/mol. The fourth-order valence-corrected chi connectivity index (χ4v) is 5.16. The number of carbonyl (C=O) groups excluding carboxylic acids is 6. The van der Waals surface area contributed by atoms with Gasteiger partial charge in [0.2, 0.25) is 29.5 Å². The lowest BCUT2D eigenvalue weighted by Gasteiger charge is -2.18. The van der Waals surface area contributed by atoms with Gasteiger partial charge in [-0.1, -0.05) is 19.8 Å². The molecule has 0 aliphatic carbocycles. The number of unbranched alkanes of at least 4 members (excludes halogenated alkanes) is 3. The zero-order valence-electron chi connectivity index (χ0n) is 31.1. The molecule has 0 radical (unpaired) electrons. The summed E-state index contributed by atoms with van der Waals surface area (Å²) in [6, 6.07) is -6.30. The van der Waals surface area contributed by atoms with Crippen molar-refractivity contribution in [1.82, 2.24) is 31.9 Å². The molecule has 0 aromatic carbocycles. The van der Waals surface area contributed by atoms with Crippen molar-refractivity contribution < 1.29 is 68.4 Å². The Morgan fingerprint density at radius 3 is 1.20 bits per heavy atom. The molecule has 0 aliphatic heterocycles. The minimum atomic E-state index is -1.61. The van der Waals surface area contributed by atoms with Crippen LogP contribution in [0.15, 0.2) is 0 Å². The van der Waals surface area contributed by atoms with E-state index in [1.807, 2.05) is 0 Å². The van der Waals surface area contributed by atoms with Crippen molar-refractivity contribution in [2.45, 2.75) is 140 Å². The molecule has 0 heterocycles. The van der Waals surface area contributed by atoms with Gasteiger partial charge in [-0.15, -0.1) is 0 Å². The minimum Gasteiger partial charge on any atom is -0.480 e. The molecule has 0 rings (SSSR count). The van der Waals surface area contributed by atoms with E-state index in [-0.39, 0.29) is 31.1 Å². The Labute approximate surface area is 313 Å². The molecule has 5 atom stereocenters. The number of ketones is 1. The first-order chi connectivity index (χ1) is 25.4. The maximum Gasteiger partial charge on any atom is 0.326 e. The summed E-state index contributed by atoms with van der Waals surface area (Å²) in [4.78, 5) is 119. The second-order valence-electron chi connectivity index (χ2n) is 12.7. The van der Waals surface area contributed by atoms with Gasteiger partial charge in [0.1, 0.15) is 30.0 Å². The number of rotatable bonds is 31. The molecule has 0 spiro atoms. The monoisotopic (exact) mass is 772 g/mol. The number of amides is 5. The van der Waals surface area contributed by atoms with Gasteiger partial charge in [0.25, 0.3) is 0 Å². The normalized spacial score (nSPS) is 13.5. The molecule has 5 amide bonds. The van der Waals surface area contributed by atoms with Gasteiger partial charge in [-0.05, 0) is 58.4 Å². The third-order valence-corrected chi connectivity index (χ3v) is 8.22. The summed E-state index contributed by atoms with van der Waals surface area (Å²) in [6.07, 6.45) is 1.97. The number of carboxylic acids is 4. The van der Waals surface area contributed by atoms with E-state index >= 15 is 0 Å². The SMILES string of the molecule is CCCCCC(=O)C(CCCCNC(=O)CC[C@H](NC(=O)CC[C@H](NC(=O)CC[C@H](NC(=O)CC[C@H](NC(C)=O)C(=O)O)C(=O)O)C(=O)O)C(=O)O)NC. The van der Waals surface area contributed by atoms with Crippen molar-refractivity contribution in [3.05, 3.63) is 0 Å². The third-order valence-electron chi connectivity index (χ3n) is 8.22. The maximum atomic E-state index is 12.5. The Hall–Kier alpha value is -5.14. The molecule has 0 aromatic rings. The molecule has 1 unspecified atom stereocenters. The van der Waals surface area contributed by atoms with Crippen LogP contribution in [-0.4, -0.2) is 123 Å². The first kappa shape index (κ1) is 48.9. The summed E-state index contributed by atoms with van der Waals surface area (Å²) in [5.41, 5.74) is 0. The standard InChI is InChI=1S/C34H56N6O14/c1-4-5-6-10-26(42)21(35-3)9-7-8-19-36-27(43)15-11-23(32(49)50)38-29(45)17-13-25(34(53)54)40-30(46)18-14-24(33(51)52)39-28(44)16-12-22(31(47)48)37-20(2)41/h21-25,35H,4-19H2,1-3H3,(H,36,43)(H,37,41)(H,38,45)(H,39,44)(H,40,46)(H,47,48)(H,49,50)(H,51,52)(H,53,54)/t21?,22-,23-,24-,25-/m0/s1. The summed E-state index contributed by atoms with van der Waals surface area (Å²) in [5, 5.41) is 51.9. The van der Waals surface area contributed by atoms with Crippen LogP contribution < -0.4 is 31.9 Å².